The van der Waals surface area contributed by atoms with Crippen LogP contribution in [0.5, 0.6) is 0 Å². The van der Waals surface area contributed by atoms with Crippen LogP contribution >= 0.6 is 23.1 Å². The molecule has 3 N–H and O–H groups in total. The van der Waals surface area contributed by atoms with Gasteiger partial charge in [0, 0.05) is 7.05 Å². The van der Waals surface area contributed by atoms with E-state index in [0.717, 1.165) is 23.1 Å². The van der Waals surface area contributed by atoms with Gasteiger partial charge in [0.2, 0.25) is 5.91 Å². The highest BCUT2D eigenvalue weighted by Gasteiger charge is 2.26. The summed E-state index contributed by atoms with van der Waals surface area (Å²) in [6, 6.07) is 6.19. The second-order valence-corrected chi connectivity index (χ2v) is 8.49. The molecule has 9 nitrogen and oxygen atoms in total. The lowest BCUT2D eigenvalue weighted by Crippen LogP contribution is -2.17. The molecule has 2 amide bonds. The number of aromatic nitrogens is 3. The van der Waals surface area contributed by atoms with Crippen LogP contribution in [0.2, 0.25) is 0 Å². The molecule has 0 aliphatic heterocycles. The Balaban J connectivity index is 1.75. The monoisotopic (exact) mass is 477 g/mol. The number of hydrogen-bond donors (Lipinski definition) is 2. The van der Waals surface area contributed by atoms with Crippen LogP contribution < -0.4 is 11.1 Å². The number of carbonyl (C=O) groups is 3. The van der Waals surface area contributed by atoms with E-state index < -0.39 is 23.6 Å². The van der Waals surface area contributed by atoms with Gasteiger partial charge in [-0.2, -0.15) is 0 Å². The summed E-state index contributed by atoms with van der Waals surface area (Å²) in [6.07, 6.45) is 0. The number of nitrogens with zero attached hydrogens (tertiary/aromatic N) is 3. The molecule has 2 heterocycles. The third kappa shape index (κ3) is 4.81. The normalized spacial score (nSPS) is 10.8. The molecular formula is C20H20FN5O4S2. The molecule has 1 aromatic carbocycles. The number of thioether (sulfide) groups is 1. The average Bonchev–Trinajstić information content (AvgIpc) is 3.26. The second-order valence-electron chi connectivity index (χ2n) is 6.53. The van der Waals surface area contributed by atoms with E-state index in [9.17, 15) is 18.8 Å². The zero-order valence-corrected chi connectivity index (χ0v) is 19.1. The number of thiophene rings is 1. The molecule has 0 saturated carbocycles. The Morgan fingerprint density at radius 3 is 2.66 bits per heavy atom. The van der Waals surface area contributed by atoms with Crippen molar-refractivity contribution in [2.75, 3.05) is 17.7 Å². The van der Waals surface area contributed by atoms with Crippen LogP contribution in [0.25, 0.3) is 11.4 Å². The molecule has 0 unspecified atom stereocenters. The minimum absolute atomic E-state index is 0.0611. The Kier molecular flexibility index (Phi) is 7.26. The van der Waals surface area contributed by atoms with Crippen molar-refractivity contribution >= 4 is 45.9 Å². The first-order valence-corrected chi connectivity index (χ1v) is 11.2. The fourth-order valence-corrected chi connectivity index (χ4v) is 4.67. The standard InChI is InChI=1S/C20H20FN5O4S2/c1-4-30-19(29)14-10(2)15(16(22)28)32-18(14)23-13(27)9-31-20-25-24-17(26(20)3)11-7-5-6-8-12(11)21/h5-8H,4,9H2,1-3H3,(H2,22,28)(H,23,27). The van der Waals surface area contributed by atoms with Gasteiger partial charge < -0.3 is 20.4 Å². The molecule has 0 bridgehead atoms. The van der Waals surface area contributed by atoms with Crippen LogP contribution in [-0.4, -0.2) is 44.9 Å². The van der Waals surface area contributed by atoms with Gasteiger partial charge in [0.15, 0.2) is 11.0 Å². The topological polar surface area (TPSA) is 129 Å². The number of amides is 2. The van der Waals surface area contributed by atoms with Crippen LogP contribution in [0.3, 0.4) is 0 Å². The van der Waals surface area contributed by atoms with E-state index in [1.807, 2.05) is 0 Å². The number of nitrogens with two attached hydrogens (primary N) is 1. The quantitative estimate of drug-likeness (QED) is 0.377. The van der Waals surface area contributed by atoms with Gasteiger partial charge in [-0.1, -0.05) is 23.9 Å². The summed E-state index contributed by atoms with van der Waals surface area (Å²) in [7, 11) is 1.67. The number of anilines is 1. The highest BCUT2D eigenvalue weighted by atomic mass is 32.2. The number of hydrogen-bond acceptors (Lipinski definition) is 8. The maximum absolute atomic E-state index is 14.0. The zero-order valence-electron chi connectivity index (χ0n) is 17.5. The third-order valence-corrected chi connectivity index (χ3v) is 6.63. The summed E-state index contributed by atoms with van der Waals surface area (Å²) in [4.78, 5) is 36.7. The van der Waals surface area contributed by atoms with E-state index in [-0.39, 0.29) is 27.8 Å². The van der Waals surface area contributed by atoms with Crippen molar-refractivity contribution in [2.24, 2.45) is 12.8 Å². The van der Waals surface area contributed by atoms with Gasteiger partial charge in [0.25, 0.3) is 5.91 Å². The molecule has 0 radical (unpaired) electrons. The Morgan fingerprint density at radius 2 is 2.00 bits per heavy atom. The maximum Gasteiger partial charge on any atom is 0.341 e. The van der Waals surface area contributed by atoms with E-state index in [4.69, 9.17) is 10.5 Å². The first-order valence-electron chi connectivity index (χ1n) is 9.41. The summed E-state index contributed by atoms with van der Waals surface area (Å²) in [5, 5.41) is 11.3. The molecule has 12 heteroatoms. The Hall–Kier alpha value is -3.25. The van der Waals surface area contributed by atoms with Crippen molar-refractivity contribution < 1.29 is 23.5 Å². The van der Waals surface area contributed by atoms with Gasteiger partial charge in [-0.25, -0.2) is 9.18 Å². The first-order chi connectivity index (χ1) is 15.2. The van der Waals surface area contributed by atoms with Gasteiger partial charge >= 0.3 is 5.97 Å². The molecule has 3 aromatic rings. The number of esters is 1. The van der Waals surface area contributed by atoms with Crippen LogP contribution in [0.1, 0.15) is 32.5 Å². The summed E-state index contributed by atoms with van der Waals surface area (Å²) >= 11 is 2.00. The maximum atomic E-state index is 14.0. The highest BCUT2D eigenvalue weighted by Crippen LogP contribution is 2.34. The summed E-state index contributed by atoms with van der Waals surface area (Å²) in [5.41, 5.74) is 6.12. The number of primary amides is 1. The minimum Gasteiger partial charge on any atom is -0.462 e. The number of halogens is 1. The molecule has 0 saturated heterocycles. The van der Waals surface area contributed by atoms with Crippen molar-refractivity contribution in [3.63, 3.8) is 0 Å². The molecule has 0 spiro atoms. The molecule has 0 fully saturated rings. The fourth-order valence-electron chi connectivity index (χ4n) is 2.90. The lowest BCUT2D eigenvalue weighted by Gasteiger charge is -2.07. The SMILES string of the molecule is CCOC(=O)c1c(NC(=O)CSc2nnc(-c3ccccc3F)n2C)sc(C(N)=O)c1C. The smallest absolute Gasteiger partial charge is 0.341 e. The number of benzene rings is 1. The zero-order chi connectivity index (χ0) is 23.4. The molecule has 0 aliphatic carbocycles. The summed E-state index contributed by atoms with van der Waals surface area (Å²) < 4.78 is 20.7. The molecule has 0 aliphatic rings. The van der Waals surface area contributed by atoms with Crippen molar-refractivity contribution in [3.8, 4) is 11.4 Å². The first kappa shape index (κ1) is 23.4. The molecule has 32 heavy (non-hydrogen) atoms. The highest BCUT2D eigenvalue weighted by molar-refractivity contribution is 7.99. The Labute approximate surface area is 191 Å². The summed E-state index contributed by atoms with van der Waals surface area (Å²) in [5.74, 6) is -1.95. The molecule has 0 atom stereocenters. The van der Waals surface area contributed by atoms with Gasteiger partial charge in [-0.3, -0.25) is 9.59 Å². The number of carbonyl (C=O) groups excluding carboxylic acids is 3. The Morgan fingerprint density at radius 1 is 1.28 bits per heavy atom. The molecule has 2 aromatic heterocycles. The van der Waals surface area contributed by atoms with Gasteiger partial charge in [0.1, 0.15) is 10.8 Å². The van der Waals surface area contributed by atoms with Gasteiger partial charge in [0.05, 0.1) is 28.4 Å². The van der Waals surface area contributed by atoms with Gasteiger partial charge in [-0.15, -0.1) is 21.5 Å². The van der Waals surface area contributed by atoms with E-state index in [0.29, 0.717) is 22.1 Å². The van der Waals surface area contributed by atoms with Crippen LogP contribution in [-0.2, 0) is 16.6 Å². The lowest BCUT2D eigenvalue weighted by atomic mass is 10.1. The van der Waals surface area contributed by atoms with Crippen LogP contribution in [0.4, 0.5) is 9.39 Å². The number of rotatable bonds is 8. The van der Waals surface area contributed by atoms with Crippen LogP contribution in [0, 0.1) is 12.7 Å². The lowest BCUT2D eigenvalue weighted by molar-refractivity contribution is -0.113. The minimum atomic E-state index is -0.701. The molecular weight excluding hydrogens is 457 g/mol. The Bertz CT molecular complexity index is 1190. The van der Waals surface area contributed by atoms with E-state index in [1.54, 1.807) is 43.7 Å². The van der Waals surface area contributed by atoms with Gasteiger partial charge in [-0.05, 0) is 31.5 Å². The molecule has 168 valence electrons. The van der Waals surface area contributed by atoms with Crippen molar-refractivity contribution in [3.05, 3.63) is 46.1 Å². The third-order valence-electron chi connectivity index (χ3n) is 4.39. The van der Waals surface area contributed by atoms with E-state index in [1.165, 1.54) is 6.07 Å². The summed E-state index contributed by atoms with van der Waals surface area (Å²) in [6.45, 7) is 3.36. The predicted octanol–water partition coefficient (Wildman–Crippen LogP) is 3.00. The fraction of sp³-hybridized carbons (Fsp3) is 0.250. The number of ether oxygens (including phenoxy) is 1. The number of nitrogens with one attached hydrogen (secondary N) is 1. The van der Waals surface area contributed by atoms with E-state index in [2.05, 4.69) is 15.5 Å². The van der Waals surface area contributed by atoms with Crippen LogP contribution in [0.15, 0.2) is 29.4 Å². The van der Waals surface area contributed by atoms with Crippen molar-refractivity contribution in [1.82, 2.24) is 14.8 Å². The predicted molar refractivity (Wildman–Crippen MR) is 119 cm³/mol. The molecule has 3 rings (SSSR count). The average molecular weight is 478 g/mol. The van der Waals surface area contributed by atoms with Crippen molar-refractivity contribution in [2.45, 2.75) is 19.0 Å². The van der Waals surface area contributed by atoms with Crippen molar-refractivity contribution in [1.29, 1.82) is 0 Å². The largest absolute Gasteiger partial charge is 0.462 e. The second kappa shape index (κ2) is 9.92. The van der Waals surface area contributed by atoms with E-state index >= 15 is 0 Å².